The molecule has 2 aromatic carbocycles. The second kappa shape index (κ2) is 9.91. The van der Waals surface area contributed by atoms with Crippen molar-refractivity contribution in [2.75, 3.05) is 13.2 Å². The third kappa shape index (κ3) is 5.19. The molecule has 0 heterocycles. The van der Waals surface area contributed by atoms with E-state index >= 15 is 0 Å². The summed E-state index contributed by atoms with van der Waals surface area (Å²) in [4.78, 5) is 24.9. The first-order valence-electron chi connectivity index (χ1n) is 9.58. The van der Waals surface area contributed by atoms with Crippen LogP contribution in [0.3, 0.4) is 0 Å². The summed E-state index contributed by atoms with van der Waals surface area (Å²) in [7, 11) is 0. The van der Waals surface area contributed by atoms with Crippen LogP contribution in [-0.4, -0.2) is 25.2 Å². The predicted octanol–water partition coefficient (Wildman–Crippen LogP) is 5.30. The summed E-state index contributed by atoms with van der Waals surface area (Å²) < 4.78 is 10.4. The normalized spacial score (nSPS) is 11.7. The second-order valence-electron chi connectivity index (χ2n) is 6.58. The molecule has 0 aliphatic heterocycles. The van der Waals surface area contributed by atoms with Crippen molar-refractivity contribution in [2.24, 2.45) is 5.92 Å². The number of rotatable bonds is 8. The lowest BCUT2D eigenvalue weighted by atomic mass is 9.90. The van der Waals surface area contributed by atoms with Crippen molar-refractivity contribution >= 4 is 11.9 Å². The summed E-state index contributed by atoms with van der Waals surface area (Å²) in [6.07, 6.45) is 1.99. The quantitative estimate of drug-likeness (QED) is 0.594. The fourth-order valence-corrected chi connectivity index (χ4v) is 2.98. The summed E-state index contributed by atoms with van der Waals surface area (Å²) in [6, 6.07) is 13.0. The Bertz CT molecular complexity index is 795. The molecule has 0 fully saturated rings. The van der Waals surface area contributed by atoms with Gasteiger partial charge in [0.1, 0.15) is 0 Å². The molecule has 0 saturated carbocycles. The maximum absolute atomic E-state index is 12.5. The van der Waals surface area contributed by atoms with Gasteiger partial charge in [-0.1, -0.05) is 50.6 Å². The summed E-state index contributed by atoms with van der Waals surface area (Å²) in [5, 5.41) is 0. The van der Waals surface area contributed by atoms with Gasteiger partial charge in [-0.15, -0.1) is 0 Å². The van der Waals surface area contributed by atoms with Crippen LogP contribution in [0.5, 0.6) is 0 Å². The van der Waals surface area contributed by atoms with Crippen LogP contribution in [0.1, 0.15) is 60.4 Å². The third-order valence-corrected chi connectivity index (χ3v) is 4.57. The van der Waals surface area contributed by atoms with E-state index in [2.05, 4.69) is 13.8 Å². The lowest BCUT2D eigenvalue weighted by Crippen LogP contribution is -2.10. The fourth-order valence-electron chi connectivity index (χ4n) is 2.98. The first kappa shape index (κ1) is 20.7. The molecule has 1 unspecified atom stereocenters. The van der Waals surface area contributed by atoms with Crippen LogP contribution < -0.4 is 0 Å². The largest absolute Gasteiger partial charge is 0.462 e. The van der Waals surface area contributed by atoms with Gasteiger partial charge in [0.2, 0.25) is 0 Å². The number of esters is 2. The van der Waals surface area contributed by atoms with Crippen LogP contribution in [0.15, 0.2) is 42.5 Å². The van der Waals surface area contributed by atoms with E-state index in [1.54, 1.807) is 32.0 Å². The molecule has 0 amide bonds. The van der Waals surface area contributed by atoms with Crippen LogP contribution >= 0.6 is 0 Å². The van der Waals surface area contributed by atoms with E-state index in [9.17, 15) is 9.59 Å². The maximum Gasteiger partial charge on any atom is 0.338 e. The van der Waals surface area contributed by atoms with E-state index in [4.69, 9.17) is 9.47 Å². The lowest BCUT2D eigenvalue weighted by molar-refractivity contribution is 0.0515. The van der Waals surface area contributed by atoms with Gasteiger partial charge in [0, 0.05) is 0 Å². The predicted molar refractivity (Wildman–Crippen MR) is 107 cm³/mol. The third-order valence-electron chi connectivity index (χ3n) is 4.57. The summed E-state index contributed by atoms with van der Waals surface area (Å²) in [6.45, 7) is 8.51. The van der Waals surface area contributed by atoms with Gasteiger partial charge in [-0.3, -0.25) is 0 Å². The molecule has 4 heteroatoms. The molecule has 144 valence electrons. The zero-order valence-corrected chi connectivity index (χ0v) is 16.6. The number of carbonyl (C=O) groups excluding carboxylic acids is 2. The highest BCUT2D eigenvalue weighted by Gasteiger charge is 2.20. The highest BCUT2D eigenvalue weighted by atomic mass is 16.5. The van der Waals surface area contributed by atoms with E-state index in [1.165, 1.54) is 0 Å². The van der Waals surface area contributed by atoms with Crippen LogP contribution in [0, 0.1) is 5.92 Å². The standard InChI is InChI=1S/C23H28O4/c1-5-16(4)14-17-12-13-20(23(25)27-7-3)21(15-17)18-10-8-9-11-19(18)22(24)26-6-2/h8-13,15-16H,5-7,14H2,1-4H3. The van der Waals surface area contributed by atoms with E-state index in [0.29, 0.717) is 41.4 Å². The monoisotopic (exact) mass is 368 g/mol. The molecular weight excluding hydrogens is 340 g/mol. The lowest BCUT2D eigenvalue weighted by Gasteiger charge is -2.16. The van der Waals surface area contributed by atoms with E-state index in [1.807, 2.05) is 24.3 Å². The molecular formula is C23H28O4. The van der Waals surface area contributed by atoms with E-state index in [0.717, 1.165) is 18.4 Å². The number of ether oxygens (including phenoxy) is 2. The average molecular weight is 368 g/mol. The second-order valence-corrected chi connectivity index (χ2v) is 6.58. The van der Waals surface area contributed by atoms with Crippen molar-refractivity contribution in [1.82, 2.24) is 0 Å². The van der Waals surface area contributed by atoms with Gasteiger partial charge < -0.3 is 9.47 Å². The van der Waals surface area contributed by atoms with Crippen molar-refractivity contribution in [3.63, 3.8) is 0 Å². The minimum atomic E-state index is -0.393. The number of carbonyl (C=O) groups is 2. The van der Waals surface area contributed by atoms with Gasteiger partial charge in [0.15, 0.2) is 0 Å². The summed E-state index contributed by atoms with van der Waals surface area (Å²) in [5.74, 6) is -0.247. The maximum atomic E-state index is 12.5. The molecule has 1 atom stereocenters. The van der Waals surface area contributed by atoms with Crippen LogP contribution in [-0.2, 0) is 15.9 Å². The van der Waals surface area contributed by atoms with Crippen LogP contribution in [0.4, 0.5) is 0 Å². The molecule has 27 heavy (non-hydrogen) atoms. The summed E-state index contributed by atoms with van der Waals surface area (Å²) >= 11 is 0. The average Bonchev–Trinajstić information content (AvgIpc) is 2.68. The SMILES string of the molecule is CCOC(=O)c1ccccc1-c1cc(CC(C)CC)ccc1C(=O)OCC. The molecule has 0 aromatic heterocycles. The number of benzene rings is 2. The topological polar surface area (TPSA) is 52.6 Å². The molecule has 0 N–H and O–H groups in total. The van der Waals surface area contributed by atoms with E-state index < -0.39 is 5.97 Å². The Morgan fingerprint density at radius 1 is 0.852 bits per heavy atom. The van der Waals surface area contributed by atoms with Crippen molar-refractivity contribution in [1.29, 1.82) is 0 Å². The molecule has 0 bridgehead atoms. The van der Waals surface area contributed by atoms with Gasteiger partial charge in [-0.05, 0) is 55.0 Å². The molecule has 0 saturated heterocycles. The van der Waals surface area contributed by atoms with Crippen molar-refractivity contribution in [2.45, 2.75) is 40.5 Å². The van der Waals surface area contributed by atoms with Crippen LogP contribution in [0.25, 0.3) is 11.1 Å². The van der Waals surface area contributed by atoms with Gasteiger partial charge in [-0.25, -0.2) is 9.59 Å². The van der Waals surface area contributed by atoms with Crippen LogP contribution in [0.2, 0.25) is 0 Å². The zero-order chi connectivity index (χ0) is 19.8. The van der Waals surface area contributed by atoms with Crippen molar-refractivity contribution in [3.8, 4) is 11.1 Å². The Balaban J connectivity index is 2.60. The van der Waals surface area contributed by atoms with Crippen molar-refractivity contribution < 1.29 is 19.1 Å². The van der Waals surface area contributed by atoms with Gasteiger partial charge in [-0.2, -0.15) is 0 Å². The Labute approximate surface area is 161 Å². The Hall–Kier alpha value is -2.62. The number of hydrogen-bond acceptors (Lipinski definition) is 4. The molecule has 0 spiro atoms. The fraction of sp³-hybridized carbons (Fsp3) is 0.391. The minimum Gasteiger partial charge on any atom is -0.462 e. The van der Waals surface area contributed by atoms with E-state index in [-0.39, 0.29) is 5.97 Å². The first-order chi connectivity index (χ1) is 13.0. The van der Waals surface area contributed by atoms with Gasteiger partial charge in [0.05, 0.1) is 24.3 Å². The first-order valence-corrected chi connectivity index (χ1v) is 9.58. The molecule has 0 aliphatic carbocycles. The highest BCUT2D eigenvalue weighted by Crippen LogP contribution is 2.30. The highest BCUT2D eigenvalue weighted by molar-refractivity contribution is 6.03. The Morgan fingerprint density at radius 2 is 1.44 bits per heavy atom. The molecule has 4 nitrogen and oxygen atoms in total. The Kier molecular flexibility index (Phi) is 7.59. The Morgan fingerprint density at radius 3 is 2.04 bits per heavy atom. The summed E-state index contributed by atoms with van der Waals surface area (Å²) in [5.41, 5.74) is 3.43. The smallest absolute Gasteiger partial charge is 0.338 e. The molecule has 0 aliphatic rings. The molecule has 2 rings (SSSR count). The van der Waals surface area contributed by atoms with Gasteiger partial charge >= 0.3 is 11.9 Å². The molecule has 0 radical (unpaired) electrons. The number of hydrogen-bond donors (Lipinski definition) is 0. The zero-order valence-electron chi connectivity index (χ0n) is 16.6. The molecule has 2 aromatic rings. The van der Waals surface area contributed by atoms with Crippen molar-refractivity contribution in [3.05, 3.63) is 59.2 Å². The van der Waals surface area contributed by atoms with Gasteiger partial charge in [0.25, 0.3) is 0 Å². The minimum absolute atomic E-state index is 0.298.